The Balaban J connectivity index is 0.000000149. The van der Waals surface area contributed by atoms with E-state index in [-0.39, 0.29) is 174 Å². The van der Waals surface area contributed by atoms with Crippen molar-refractivity contribution >= 4 is 108 Å². The normalized spacial score (nSPS) is 17.8. The average molecular weight is 1870 g/mol. The van der Waals surface area contributed by atoms with Crippen LogP contribution in [0.3, 0.4) is 0 Å². The van der Waals surface area contributed by atoms with Gasteiger partial charge in [0.15, 0.2) is 34.4 Å². The molecule has 3 fully saturated rings. The number of anilines is 9. The Labute approximate surface area is 787 Å². The molecule has 35 heteroatoms. The first-order chi connectivity index (χ1) is 65.2. The van der Waals surface area contributed by atoms with Gasteiger partial charge in [0.2, 0.25) is 23.6 Å². The summed E-state index contributed by atoms with van der Waals surface area (Å²) in [5.41, 5.74) is 23.9. The number of rotatable bonds is 16. The molecule has 0 saturated carbocycles. The highest BCUT2D eigenvalue weighted by Crippen LogP contribution is 2.49. The molecule has 6 aliphatic heterocycles. The second kappa shape index (κ2) is 37.5. The van der Waals surface area contributed by atoms with E-state index in [1.165, 1.54) is 104 Å². The fourth-order valence-electron chi connectivity index (χ4n) is 20.2. The molecule has 7 N–H and O–H groups in total. The Hall–Kier alpha value is -14.8. The van der Waals surface area contributed by atoms with E-state index >= 15 is 31.1 Å². The van der Waals surface area contributed by atoms with Crippen molar-refractivity contribution in [2.45, 2.75) is 144 Å². The molecule has 0 aliphatic carbocycles. The predicted octanol–water partition coefficient (Wildman–Crippen LogP) is 14.2. The van der Waals surface area contributed by atoms with Gasteiger partial charge < -0.3 is 66.6 Å². The number of piperazine rings is 3. The smallest absolute Gasteiger partial charge is 0.282 e. The molecule has 6 unspecified atom stereocenters. The molecule has 12 aromatic rings. The van der Waals surface area contributed by atoms with E-state index in [2.05, 4.69) is 64.6 Å². The van der Waals surface area contributed by atoms with Crippen LogP contribution < -0.4 is 63.7 Å². The van der Waals surface area contributed by atoms with Crippen molar-refractivity contribution in [2.75, 3.05) is 134 Å². The van der Waals surface area contributed by atoms with Crippen LogP contribution in [0, 0.1) is 55.7 Å². The van der Waals surface area contributed by atoms with Crippen molar-refractivity contribution in [2.24, 2.45) is 0 Å². The first kappa shape index (κ1) is 95.4. The van der Waals surface area contributed by atoms with Gasteiger partial charge in [-0.2, -0.15) is 0 Å². The van der Waals surface area contributed by atoms with E-state index in [9.17, 15) is 28.8 Å². The summed E-state index contributed by atoms with van der Waals surface area (Å²) >= 11 is 0. The van der Waals surface area contributed by atoms with Crippen LogP contribution in [0.15, 0.2) is 162 Å². The van der Waals surface area contributed by atoms with Gasteiger partial charge in [0.05, 0.1) is 86.5 Å². The number of benzene rings is 3. The molecular formula is C102H110F6N22O7. The second-order valence-electron chi connectivity index (χ2n) is 37.2. The van der Waals surface area contributed by atoms with Crippen molar-refractivity contribution in [3.8, 4) is 50.8 Å². The zero-order valence-electron chi connectivity index (χ0n) is 79.1. The van der Waals surface area contributed by atoms with E-state index in [1.807, 2.05) is 121 Å². The molecule has 29 nitrogen and oxygen atoms in total. The van der Waals surface area contributed by atoms with Crippen LogP contribution >= 0.6 is 0 Å². The molecule has 4 amide bonds. The Morgan fingerprint density at radius 1 is 0.453 bits per heavy atom. The van der Waals surface area contributed by atoms with Crippen LogP contribution in [-0.4, -0.2) is 210 Å². The summed E-state index contributed by atoms with van der Waals surface area (Å²) in [7, 11) is 5.82. The SMILES string of the molecule is C=CC(=O)N1CC2C(=O)Nc3c(c4cc(F)c(-c5c(N)cccc5F)nc4n(-c4c(C)ccnc4C(C)C)c3=O)N2CC1C.C=CC(=O)N1CC2CN(C)c3c(c4cc(F)c(-c5c(N)cccc5F)nc4n(-c4c(C)ccnc4C(C)C)c3=O)N2CC1C.C=CC(=O)N1CC2CN(CCCN(C)C)c3c(c4cc(F)c(-c5c(N)cccc5F)nc4n(-c4c(C)ccnc4C(C)C)c3=O)N2CC1C. The minimum atomic E-state index is -0.865. The van der Waals surface area contributed by atoms with E-state index in [1.54, 1.807) is 39.4 Å². The van der Waals surface area contributed by atoms with E-state index < -0.39 is 52.4 Å². The number of halogens is 6. The lowest BCUT2D eigenvalue weighted by Gasteiger charge is -2.51. The van der Waals surface area contributed by atoms with Gasteiger partial charge in [0.25, 0.3) is 16.7 Å². The third-order valence-corrected chi connectivity index (χ3v) is 26.7. The molecule has 18 rings (SSSR count). The van der Waals surface area contributed by atoms with Gasteiger partial charge >= 0.3 is 0 Å². The zero-order valence-corrected chi connectivity index (χ0v) is 79.1. The fourth-order valence-corrected chi connectivity index (χ4v) is 20.2. The monoisotopic (exact) mass is 1870 g/mol. The topological polar surface area (TPSA) is 331 Å². The largest absolute Gasteiger partial charge is 0.398 e. The van der Waals surface area contributed by atoms with Crippen LogP contribution in [0.4, 0.5) is 77.5 Å². The number of hydrogen-bond donors (Lipinski definition) is 4. The molecule has 0 radical (unpaired) electrons. The van der Waals surface area contributed by atoms with Crippen LogP contribution in [-0.2, 0) is 19.2 Å². The van der Waals surface area contributed by atoms with Gasteiger partial charge in [-0.3, -0.25) is 62.2 Å². The molecule has 0 spiro atoms. The van der Waals surface area contributed by atoms with Crippen molar-refractivity contribution in [1.82, 2.24) is 63.2 Å². The molecule has 15 heterocycles. The molecule has 6 aliphatic rings. The van der Waals surface area contributed by atoms with E-state index in [0.717, 1.165) is 30.2 Å². The summed E-state index contributed by atoms with van der Waals surface area (Å²) in [6.45, 7) is 38.2. The van der Waals surface area contributed by atoms with Gasteiger partial charge in [-0.25, -0.2) is 41.3 Å². The molecule has 0 bridgehead atoms. The number of hydrogen-bond acceptors (Lipinski definition) is 22. The summed E-state index contributed by atoms with van der Waals surface area (Å²) in [5.74, 6) is -6.00. The Kier molecular flexibility index (Phi) is 26.1. The molecule has 3 aromatic carbocycles. The predicted molar refractivity (Wildman–Crippen MR) is 526 cm³/mol. The summed E-state index contributed by atoms with van der Waals surface area (Å²) in [6, 6.07) is 19.5. The number of fused-ring (bicyclic) bond motifs is 15. The average Bonchev–Trinajstić information content (AvgIpc) is 0.690. The number of aryl methyl sites for hydroxylation is 3. The third-order valence-electron chi connectivity index (χ3n) is 26.7. The number of nitrogens with one attached hydrogen (secondary N) is 1. The number of carbonyl (C=O) groups is 4. The number of nitrogens with two attached hydrogens (primary N) is 3. The summed E-state index contributed by atoms with van der Waals surface area (Å²) in [5, 5.41) is 3.76. The summed E-state index contributed by atoms with van der Waals surface area (Å²) in [6.07, 6.45) is 9.62. The maximum absolute atomic E-state index is 16.5. The number of nitrogens with zero attached hydrogens (tertiary/aromatic N) is 18. The minimum Gasteiger partial charge on any atom is -0.398 e. The van der Waals surface area contributed by atoms with Crippen molar-refractivity contribution < 1.29 is 45.5 Å². The first-order valence-electron chi connectivity index (χ1n) is 45.6. The van der Waals surface area contributed by atoms with Gasteiger partial charge in [0.1, 0.15) is 57.6 Å². The summed E-state index contributed by atoms with van der Waals surface area (Å²) < 4.78 is 98.7. The number of pyridine rings is 9. The minimum absolute atomic E-state index is 0.0211. The second-order valence-corrected chi connectivity index (χ2v) is 37.2. The van der Waals surface area contributed by atoms with E-state index in [4.69, 9.17) is 27.2 Å². The quantitative estimate of drug-likeness (QED) is 0.0397. The molecule has 712 valence electrons. The number of carbonyl (C=O) groups excluding carboxylic acids is 4. The molecule has 3 saturated heterocycles. The molecule has 6 atom stereocenters. The number of nitrogen functional groups attached to an aromatic ring is 3. The van der Waals surface area contributed by atoms with Crippen molar-refractivity contribution in [1.29, 1.82) is 0 Å². The number of aromatic nitrogens is 9. The first-order valence-corrected chi connectivity index (χ1v) is 45.6. The lowest BCUT2D eigenvalue weighted by molar-refractivity contribution is -0.131. The lowest BCUT2D eigenvalue weighted by Crippen LogP contribution is -2.64. The van der Waals surface area contributed by atoms with E-state index in [0.29, 0.717) is 119 Å². The van der Waals surface area contributed by atoms with Crippen molar-refractivity contribution in [3.05, 3.63) is 247 Å². The maximum atomic E-state index is 16.5. The Bertz CT molecular complexity index is 7140. The van der Waals surface area contributed by atoms with Gasteiger partial charge in [0, 0.05) is 129 Å². The number of likely N-dealkylation sites (N-methyl/N-ethyl adjacent to an activating group) is 1. The van der Waals surface area contributed by atoms with Crippen LogP contribution in [0.2, 0.25) is 0 Å². The molecule has 9 aromatic heterocycles. The highest BCUT2D eigenvalue weighted by Gasteiger charge is 2.48. The number of amides is 4. The van der Waals surface area contributed by atoms with Gasteiger partial charge in [-0.05, 0) is 194 Å². The standard InChI is InChI=1S/C37H44F2N8O2.C33H35F2N7O2.C32H31F2N7O3/c1-8-29(48)45-20-24-19-44(16-10-15-43(6)7)35-34(46(24)18-23(45)5)25-17-27(39)32(30-26(38)11-9-12-28(30)40)42-36(25)47(37(35)49)33-22(4)13-14-41-31(33)21(2)3;1-7-25(43)40-16-20-15-39(6)31-30(41(20)14-19(40)5)21-13-23(35)28(26-22(34)9-8-10-24(26)36)38-32(21)42(33(31)44)29-18(4)11-12-37-27(29)17(2)3;1-6-23(42)39-14-22-31(43)38-27-29(40(22)13-17(39)5)18-12-20(34)26(24-19(33)8-7-9-21(24)35)37-30(18)41(32(27)44)28-16(4)10-11-36-25(28)15(2)3/h8-9,11-14,17,21,23-24H,1,10,15-16,18-20,40H2,2-7H3;7-13,17,19-20H,1,14-16,36H2,2-6H3;6-12,15,17,22H,1,13-14,35H2,2-5H3,(H,38,43). The van der Waals surface area contributed by atoms with Crippen molar-refractivity contribution in [3.63, 3.8) is 0 Å². The van der Waals surface area contributed by atoms with Gasteiger partial charge in [-0.15, -0.1) is 0 Å². The third kappa shape index (κ3) is 16.7. The van der Waals surface area contributed by atoms with Crippen LogP contribution in [0.25, 0.3) is 83.9 Å². The van der Waals surface area contributed by atoms with Gasteiger partial charge in [-0.1, -0.05) is 79.5 Å². The lowest BCUT2D eigenvalue weighted by atomic mass is 9.97. The van der Waals surface area contributed by atoms with Crippen LogP contribution in [0.1, 0.15) is 120 Å². The fraction of sp³-hybridized carbons (Fsp3) is 0.343. The highest BCUT2D eigenvalue weighted by atomic mass is 19.1. The Morgan fingerprint density at radius 3 is 1.18 bits per heavy atom. The highest BCUT2D eigenvalue weighted by molar-refractivity contribution is 6.11. The molecule has 137 heavy (non-hydrogen) atoms. The molecular weight excluding hydrogens is 1760 g/mol. The zero-order chi connectivity index (χ0) is 98.5. The van der Waals surface area contributed by atoms with Crippen LogP contribution in [0.5, 0.6) is 0 Å². The summed E-state index contributed by atoms with van der Waals surface area (Å²) in [4.78, 5) is 141. The maximum Gasteiger partial charge on any atom is 0.282 e. The Morgan fingerprint density at radius 2 is 0.803 bits per heavy atom.